The van der Waals surface area contributed by atoms with Crippen LogP contribution in [0.3, 0.4) is 0 Å². The van der Waals surface area contributed by atoms with E-state index in [2.05, 4.69) is 17.1 Å². The zero-order valence-corrected chi connectivity index (χ0v) is 13.5. The maximum Gasteiger partial charge on any atom is 0.241 e. The Morgan fingerprint density at radius 1 is 1.48 bits per heavy atom. The van der Waals surface area contributed by atoms with Crippen LogP contribution < -0.4 is 10.1 Å². The first kappa shape index (κ1) is 15.8. The highest BCUT2D eigenvalue weighted by molar-refractivity contribution is 5.95. The Labute approximate surface area is 127 Å². The number of anilines is 1. The van der Waals surface area contributed by atoms with Gasteiger partial charge in [-0.2, -0.15) is 0 Å². The summed E-state index contributed by atoms with van der Waals surface area (Å²) < 4.78 is 5.32. The summed E-state index contributed by atoms with van der Waals surface area (Å²) in [5.41, 5.74) is 1.85. The number of nitrogens with zero attached hydrogens (tertiary/aromatic N) is 1. The van der Waals surface area contributed by atoms with Crippen molar-refractivity contribution in [1.29, 1.82) is 0 Å². The average molecular weight is 290 g/mol. The van der Waals surface area contributed by atoms with Gasteiger partial charge in [0.25, 0.3) is 0 Å². The van der Waals surface area contributed by atoms with Gasteiger partial charge in [-0.05, 0) is 56.8 Å². The minimum absolute atomic E-state index is 0.0352. The normalized spacial score (nSPS) is 20.9. The van der Waals surface area contributed by atoms with Crippen molar-refractivity contribution < 1.29 is 9.53 Å². The van der Waals surface area contributed by atoms with E-state index in [4.69, 9.17) is 4.74 Å². The van der Waals surface area contributed by atoms with Crippen LogP contribution in [0, 0.1) is 12.8 Å². The molecule has 21 heavy (non-hydrogen) atoms. The number of carbonyl (C=O) groups excluding carboxylic acids is 1. The van der Waals surface area contributed by atoms with Crippen molar-refractivity contribution in [2.24, 2.45) is 5.92 Å². The summed E-state index contributed by atoms with van der Waals surface area (Å²) >= 11 is 0. The molecule has 0 unspecified atom stereocenters. The maximum absolute atomic E-state index is 12.5. The molecule has 1 aliphatic heterocycles. The van der Waals surface area contributed by atoms with Gasteiger partial charge in [-0.3, -0.25) is 9.69 Å². The van der Waals surface area contributed by atoms with Gasteiger partial charge in [0.1, 0.15) is 5.75 Å². The molecule has 1 heterocycles. The van der Waals surface area contributed by atoms with Gasteiger partial charge < -0.3 is 10.1 Å². The van der Waals surface area contributed by atoms with E-state index in [0.29, 0.717) is 11.7 Å². The molecule has 1 saturated heterocycles. The van der Waals surface area contributed by atoms with Crippen LogP contribution in [0.5, 0.6) is 5.75 Å². The molecule has 1 aromatic rings. The molecule has 0 spiro atoms. The maximum atomic E-state index is 12.5. The molecular weight excluding hydrogens is 264 g/mol. The lowest BCUT2D eigenvalue weighted by molar-refractivity contribution is -0.121. The predicted octanol–water partition coefficient (Wildman–Crippen LogP) is 3.06. The Morgan fingerprint density at radius 2 is 2.24 bits per heavy atom. The van der Waals surface area contributed by atoms with Crippen LogP contribution in [-0.2, 0) is 4.79 Å². The quantitative estimate of drug-likeness (QED) is 0.926. The number of carbonyl (C=O) groups is 1. The third-order valence-electron chi connectivity index (χ3n) is 4.23. The number of amides is 1. The largest absolute Gasteiger partial charge is 0.495 e. The number of hydrogen-bond acceptors (Lipinski definition) is 3. The molecule has 4 nitrogen and oxygen atoms in total. The molecule has 2 atom stereocenters. The number of rotatable bonds is 4. The van der Waals surface area contributed by atoms with Crippen molar-refractivity contribution >= 4 is 11.6 Å². The molecule has 0 saturated carbocycles. The highest BCUT2D eigenvalue weighted by atomic mass is 16.5. The first-order valence-corrected chi connectivity index (χ1v) is 7.71. The second kappa shape index (κ2) is 6.94. The Kier molecular flexibility index (Phi) is 5.23. The molecule has 116 valence electrons. The third kappa shape index (κ3) is 3.97. The van der Waals surface area contributed by atoms with E-state index in [1.165, 1.54) is 12.8 Å². The molecule has 0 aromatic heterocycles. The highest BCUT2D eigenvalue weighted by Crippen LogP contribution is 2.26. The molecule has 0 radical (unpaired) electrons. The molecule has 2 rings (SSSR count). The highest BCUT2D eigenvalue weighted by Gasteiger charge is 2.26. The van der Waals surface area contributed by atoms with Crippen LogP contribution in [-0.4, -0.2) is 37.0 Å². The lowest BCUT2D eigenvalue weighted by Gasteiger charge is -2.34. The van der Waals surface area contributed by atoms with E-state index in [1.54, 1.807) is 7.11 Å². The van der Waals surface area contributed by atoms with Gasteiger partial charge in [0.05, 0.1) is 18.8 Å². The Bertz CT molecular complexity index is 502. The van der Waals surface area contributed by atoms with Gasteiger partial charge in [-0.1, -0.05) is 13.0 Å². The number of piperidine rings is 1. The van der Waals surface area contributed by atoms with E-state index in [1.807, 2.05) is 32.0 Å². The lowest BCUT2D eigenvalue weighted by Crippen LogP contribution is -2.46. The van der Waals surface area contributed by atoms with E-state index in [-0.39, 0.29) is 11.9 Å². The number of nitrogens with one attached hydrogen (secondary N) is 1. The van der Waals surface area contributed by atoms with Gasteiger partial charge in [-0.25, -0.2) is 0 Å². The predicted molar refractivity (Wildman–Crippen MR) is 85.8 cm³/mol. The summed E-state index contributed by atoms with van der Waals surface area (Å²) in [6.07, 6.45) is 2.43. The van der Waals surface area contributed by atoms with Crippen molar-refractivity contribution in [3.05, 3.63) is 23.8 Å². The van der Waals surface area contributed by atoms with Gasteiger partial charge in [-0.15, -0.1) is 0 Å². The second-order valence-electron chi connectivity index (χ2n) is 6.11. The van der Waals surface area contributed by atoms with E-state index < -0.39 is 0 Å². The Hall–Kier alpha value is -1.55. The number of hydrogen-bond donors (Lipinski definition) is 1. The zero-order valence-electron chi connectivity index (χ0n) is 13.5. The Balaban J connectivity index is 2.05. The molecule has 1 aliphatic rings. The standard InChI is InChI=1S/C17H26N2O2/c1-12-7-8-16(21-4)15(10-12)18-17(20)14(3)19-9-5-6-13(2)11-19/h7-8,10,13-14H,5-6,9,11H2,1-4H3,(H,18,20)/t13-,14-/m0/s1. The number of methoxy groups -OCH3 is 1. The van der Waals surface area contributed by atoms with Crippen LogP contribution in [0.4, 0.5) is 5.69 Å². The molecule has 0 bridgehead atoms. The summed E-state index contributed by atoms with van der Waals surface area (Å²) in [5.74, 6) is 1.41. The lowest BCUT2D eigenvalue weighted by atomic mass is 9.99. The van der Waals surface area contributed by atoms with Gasteiger partial charge >= 0.3 is 0 Å². The summed E-state index contributed by atoms with van der Waals surface area (Å²) in [6.45, 7) is 8.24. The molecule has 1 aromatic carbocycles. The van der Waals surface area contributed by atoms with Crippen LogP contribution in [0.2, 0.25) is 0 Å². The minimum Gasteiger partial charge on any atom is -0.495 e. The van der Waals surface area contributed by atoms with Crippen molar-refractivity contribution in [2.75, 3.05) is 25.5 Å². The summed E-state index contributed by atoms with van der Waals surface area (Å²) in [5, 5.41) is 3.01. The molecule has 1 amide bonds. The molecule has 0 aliphatic carbocycles. The zero-order chi connectivity index (χ0) is 15.4. The fraction of sp³-hybridized carbons (Fsp3) is 0.588. The average Bonchev–Trinajstić information content (AvgIpc) is 2.46. The third-order valence-corrected chi connectivity index (χ3v) is 4.23. The smallest absolute Gasteiger partial charge is 0.241 e. The van der Waals surface area contributed by atoms with Crippen LogP contribution in [0.25, 0.3) is 0 Å². The first-order chi connectivity index (χ1) is 10.0. The Morgan fingerprint density at radius 3 is 2.90 bits per heavy atom. The fourth-order valence-electron chi connectivity index (χ4n) is 2.90. The van der Waals surface area contributed by atoms with Gasteiger partial charge in [0.15, 0.2) is 0 Å². The van der Waals surface area contributed by atoms with Crippen molar-refractivity contribution in [2.45, 2.75) is 39.7 Å². The molecule has 4 heteroatoms. The minimum atomic E-state index is -0.113. The molecular formula is C17H26N2O2. The van der Waals surface area contributed by atoms with Crippen LogP contribution in [0.15, 0.2) is 18.2 Å². The number of likely N-dealkylation sites (tertiary alicyclic amines) is 1. The van der Waals surface area contributed by atoms with E-state index in [9.17, 15) is 4.79 Å². The van der Waals surface area contributed by atoms with Gasteiger partial charge in [0.2, 0.25) is 5.91 Å². The number of aryl methyl sites for hydroxylation is 1. The van der Waals surface area contributed by atoms with Crippen LogP contribution in [0.1, 0.15) is 32.3 Å². The molecule has 1 fully saturated rings. The van der Waals surface area contributed by atoms with Gasteiger partial charge in [0, 0.05) is 6.54 Å². The van der Waals surface area contributed by atoms with Crippen molar-refractivity contribution in [3.63, 3.8) is 0 Å². The fourth-order valence-corrected chi connectivity index (χ4v) is 2.90. The second-order valence-corrected chi connectivity index (χ2v) is 6.11. The van der Waals surface area contributed by atoms with Crippen molar-refractivity contribution in [1.82, 2.24) is 4.90 Å². The SMILES string of the molecule is COc1ccc(C)cc1NC(=O)[C@H](C)N1CCC[C@H](C)C1. The first-order valence-electron chi connectivity index (χ1n) is 7.71. The monoisotopic (exact) mass is 290 g/mol. The number of benzene rings is 1. The summed E-state index contributed by atoms with van der Waals surface area (Å²) in [6, 6.07) is 5.70. The number of ether oxygens (including phenoxy) is 1. The molecule has 1 N–H and O–H groups in total. The summed E-state index contributed by atoms with van der Waals surface area (Å²) in [4.78, 5) is 14.8. The summed E-state index contributed by atoms with van der Waals surface area (Å²) in [7, 11) is 1.62. The van der Waals surface area contributed by atoms with E-state index >= 15 is 0 Å². The van der Waals surface area contributed by atoms with E-state index in [0.717, 1.165) is 24.3 Å². The van der Waals surface area contributed by atoms with Crippen molar-refractivity contribution in [3.8, 4) is 5.75 Å². The topological polar surface area (TPSA) is 41.6 Å². The van der Waals surface area contributed by atoms with Crippen LogP contribution >= 0.6 is 0 Å².